The lowest BCUT2D eigenvalue weighted by Gasteiger charge is -2.33. The van der Waals surface area contributed by atoms with Crippen LogP contribution in [0.1, 0.15) is 37.7 Å². The number of carbonyl (C=O) groups is 1. The summed E-state index contributed by atoms with van der Waals surface area (Å²) in [6.07, 6.45) is 9.02. The Bertz CT molecular complexity index is 956. The van der Waals surface area contributed by atoms with Crippen molar-refractivity contribution in [1.29, 1.82) is 0 Å². The minimum absolute atomic E-state index is 0.101. The quantitative estimate of drug-likeness (QED) is 0.804. The number of urea groups is 1. The molecule has 1 saturated carbocycles. The van der Waals surface area contributed by atoms with E-state index in [9.17, 15) is 4.79 Å². The number of aromatic nitrogens is 1. The number of pyridine rings is 1. The molecule has 3 heterocycles. The molecule has 7 heteroatoms. The molecule has 5 rings (SSSR count). The number of carbonyl (C=O) groups excluding carboxylic acids is 1. The maximum atomic E-state index is 13.1. The van der Waals surface area contributed by atoms with Crippen LogP contribution < -0.4 is 15.0 Å². The molecule has 2 amide bonds. The number of hydrogen-bond acceptors (Lipinski definition) is 5. The fourth-order valence-electron chi connectivity index (χ4n) is 5.16. The van der Waals surface area contributed by atoms with E-state index < -0.39 is 5.54 Å². The Hall–Kier alpha value is -2.93. The van der Waals surface area contributed by atoms with E-state index in [-0.39, 0.29) is 6.03 Å². The second-order valence-corrected chi connectivity index (χ2v) is 8.73. The largest absolute Gasteiger partial charge is 0.497 e. The zero-order chi connectivity index (χ0) is 21.3. The Balaban J connectivity index is 1.44. The zero-order valence-electron chi connectivity index (χ0n) is 18.0. The minimum atomic E-state index is -0.463. The fourth-order valence-corrected chi connectivity index (χ4v) is 5.16. The van der Waals surface area contributed by atoms with E-state index in [0.29, 0.717) is 6.04 Å². The molecule has 3 aliphatic rings. The Labute approximate surface area is 183 Å². The van der Waals surface area contributed by atoms with Gasteiger partial charge in [-0.15, -0.1) is 0 Å². The van der Waals surface area contributed by atoms with E-state index >= 15 is 0 Å². The molecule has 1 aromatic heterocycles. The molecule has 162 valence electrons. The summed E-state index contributed by atoms with van der Waals surface area (Å²) in [5.41, 5.74) is 1.59. The van der Waals surface area contributed by atoms with Crippen molar-refractivity contribution in [2.24, 2.45) is 4.99 Å². The van der Waals surface area contributed by atoms with Crippen LogP contribution in [0.2, 0.25) is 0 Å². The third-order valence-corrected chi connectivity index (χ3v) is 6.73. The van der Waals surface area contributed by atoms with Crippen molar-refractivity contribution >= 4 is 17.6 Å². The maximum Gasteiger partial charge on any atom is 0.328 e. The Morgan fingerprint density at radius 3 is 2.74 bits per heavy atom. The SMILES string of the molecule is COc1ccc(CN2CCC3(C2)C(=NC2CCCC2)NC(=O)N3c2cccnc2)cc1. The van der Waals surface area contributed by atoms with Gasteiger partial charge in [-0.05, 0) is 49.1 Å². The molecule has 1 aromatic carbocycles. The van der Waals surface area contributed by atoms with E-state index in [1.807, 2.05) is 29.2 Å². The molecule has 2 aromatic rings. The van der Waals surface area contributed by atoms with Crippen LogP contribution in [0.4, 0.5) is 10.5 Å². The summed E-state index contributed by atoms with van der Waals surface area (Å²) in [5, 5.41) is 3.13. The number of ether oxygens (including phenoxy) is 1. The van der Waals surface area contributed by atoms with Gasteiger partial charge in [0, 0.05) is 25.8 Å². The molecule has 2 aliphatic heterocycles. The van der Waals surface area contributed by atoms with Crippen LogP contribution in [0, 0.1) is 0 Å². The normalized spacial score (nSPS) is 25.6. The van der Waals surface area contributed by atoms with E-state index in [2.05, 4.69) is 27.3 Å². The minimum Gasteiger partial charge on any atom is -0.497 e. The first-order valence-electron chi connectivity index (χ1n) is 11.1. The van der Waals surface area contributed by atoms with Crippen LogP contribution in [-0.2, 0) is 6.54 Å². The Morgan fingerprint density at radius 2 is 2.03 bits per heavy atom. The van der Waals surface area contributed by atoms with Crippen molar-refractivity contribution in [2.45, 2.75) is 50.2 Å². The van der Waals surface area contributed by atoms with Gasteiger partial charge in [-0.1, -0.05) is 25.0 Å². The molecule has 1 unspecified atom stereocenters. The number of hydrogen-bond donors (Lipinski definition) is 1. The number of anilines is 1. The molecular formula is C24H29N5O2. The predicted molar refractivity (Wildman–Crippen MR) is 121 cm³/mol. The molecule has 3 fully saturated rings. The van der Waals surface area contributed by atoms with Gasteiger partial charge in [0.15, 0.2) is 0 Å². The maximum absolute atomic E-state index is 13.1. The van der Waals surface area contributed by atoms with Crippen molar-refractivity contribution in [3.05, 3.63) is 54.4 Å². The number of methoxy groups -OCH3 is 1. The lowest BCUT2D eigenvalue weighted by molar-refractivity contribution is 0.250. The highest BCUT2D eigenvalue weighted by Crippen LogP contribution is 2.38. The van der Waals surface area contributed by atoms with Gasteiger partial charge in [0.1, 0.15) is 17.1 Å². The number of aliphatic imine (C=N–C) groups is 1. The van der Waals surface area contributed by atoms with Crippen molar-refractivity contribution < 1.29 is 9.53 Å². The third-order valence-electron chi connectivity index (χ3n) is 6.73. The average Bonchev–Trinajstić information content (AvgIpc) is 3.51. The molecule has 1 N–H and O–H groups in total. The lowest BCUT2D eigenvalue weighted by atomic mass is 9.95. The first-order valence-corrected chi connectivity index (χ1v) is 11.1. The lowest BCUT2D eigenvalue weighted by Crippen LogP contribution is -2.52. The van der Waals surface area contributed by atoms with E-state index in [1.54, 1.807) is 19.5 Å². The molecule has 7 nitrogen and oxygen atoms in total. The van der Waals surface area contributed by atoms with Gasteiger partial charge in [-0.25, -0.2) is 4.79 Å². The second-order valence-electron chi connectivity index (χ2n) is 8.73. The van der Waals surface area contributed by atoms with Gasteiger partial charge in [0.2, 0.25) is 0 Å². The summed E-state index contributed by atoms with van der Waals surface area (Å²) < 4.78 is 5.28. The average molecular weight is 420 g/mol. The first kappa shape index (κ1) is 20.0. The molecule has 1 atom stereocenters. The number of nitrogens with zero attached hydrogens (tertiary/aromatic N) is 4. The number of rotatable bonds is 5. The topological polar surface area (TPSA) is 70.1 Å². The van der Waals surface area contributed by atoms with Crippen LogP contribution in [0.15, 0.2) is 53.8 Å². The van der Waals surface area contributed by atoms with Gasteiger partial charge in [0.25, 0.3) is 0 Å². The van der Waals surface area contributed by atoms with Crippen LogP contribution in [0.3, 0.4) is 0 Å². The van der Waals surface area contributed by atoms with Gasteiger partial charge >= 0.3 is 6.03 Å². The summed E-state index contributed by atoms with van der Waals surface area (Å²) in [7, 11) is 1.68. The van der Waals surface area contributed by atoms with Gasteiger partial charge < -0.3 is 4.74 Å². The zero-order valence-corrected chi connectivity index (χ0v) is 18.0. The third kappa shape index (κ3) is 3.78. The van der Waals surface area contributed by atoms with Crippen LogP contribution in [0.25, 0.3) is 0 Å². The summed E-state index contributed by atoms with van der Waals surface area (Å²) in [4.78, 5) is 26.8. The summed E-state index contributed by atoms with van der Waals surface area (Å²) >= 11 is 0. The molecule has 0 bridgehead atoms. The molecule has 0 radical (unpaired) electrons. The van der Waals surface area contributed by atoms with E-state index in [1.165, 1.54) is 18.4 Å². The van der Waals surface area contributed by atoms with Crippen LogP contribution >= 0.6 is 0 Å². The summed E-state index contributed by atoms with van der Waals surface area (Å²) in [5.74, 6) is 1.70. The second kappa shape index (κ2) is 8.30. The van der Waals surface area contributed by atoms with E-state index in [4.69, 9.17) is 9.73 Å². The van der Waals surface area contributed by atoms with Crippen LogP contribution in [-0.4, -0.2) is 53.5 Å². The van der Waals surface area contributed by atoms with Crippen molar-refractivity contribution in [2.75, 3.05) is 25.1 Å². The Kier molecular flexibility index (Phi) is 5.36. The standard InChI is InChI=1S/C24H29N5O2/c1-31-21-10-8-18(9-11-21)16-28-14-12-24(17-28)22(26-19-5-2-3-6-19)27-23(30)29(24)20-7-4-13-25-15-20/h4,7-11,13,15,19H,2-3,5-6,12,14,16-17H2,1H3,(H,26,27,30). The molecule has 2 saturated heterocycles. The number of amides is 2. The smallest absolute Gasteiger partial charge is 0.328 e. The van der Waals surface area contributed by atoms with Gasteiger partial charge in [-0.2, -0.15) is 0 Å². The number of benzene rings is 1. The molecule has 1 spiro atoms. The predicted octanol–water partition coefficient (Wildman–Crippen LogP) is 3.61. The van der Waals surface area contributed by atoms with Crippen molar-refractivity contribution in [1.82, 2.24) is 15.2 Å². The highest BCUT2D eigenvalue weighted by atomic mass is 16.5. The van der Waals surface area contributed by atoms with Crippen LogP contribution in [0.5, 0.6) is 5.75 Å². The van der Waals surface area contributed by atoms with E-state index in [0.717, 1.165) is 56.2 Å². The number of likely N-dealkylation sites (tertiary alicyclic amines) is 1. The molecule has 31 heavy (non-hydrogen) atoms. The van der Waals surface area contributed by atoms with Crippen molar-refractivity contribution in [3.8, 4) is 5.75 Å². The monoisotopic (exact) mass is 419 g/mol. The Morgan fingerprint density at radius 1 is 1.23 bits per heavy atom. The highest BCUT2D eigenvalue weighted by Gasteiger charge is 2.55. The number of amidine groups is 1. The summed E-state index contributed by atoms with van der Waals surface area (Å²) in [6.45, 7) is 2.48. The fraction of sp³-hybridized carbons (Fsp3) is 0.458. The highest BCUT2D eigenvalue weighted by molar-refractivity contribution is 6.19. The molecule has 1 aliphatic carbocycles. The summed E-state index contributed by atoms with van der Waals surface area (Å²) in [6, 6.07) is 12.3. The van der Waals surface area contributed by atoms with Gasteiger partial charge in [0.05, 0.1) is 25.0 Å². The van der Waals surface area contributed by atoms with Gasteiger partial charge in [-0.3, -0.25) is 25.1 Å². The number of nitrogens with one attached hydrogen (secondary N) is 1. The van der Waals surface area contributed by atoms with Crippen molar-refractivity contribution in [3.63, 3.8) is 0 Å². The molecular weight excluding hydrogens is 390 g/mol. The first-order chi connectivity index (χ1) is 15.2.